The van der Waals surface area contributed by atoms with Gasteiger partial charge in [0, 0.05) is 0 Å². The van der Waals surface area contributed by atoms with Crippen molar-refractivity contribution < 1.29 is 8.42 Å². The molecule has 0 atom stereocenters. The van der Waals surface area contributed by atoms with E-state index in [0.29, 0.717) is 0 Å². The van der Waals surface area contributed by atoms with Crippen LogP contribution in [0.25, 0.3) is 0 Å². The average Bonchev–Trinajstić information content (AvgIpc) is 2.06. The van der Waals surface area contributed by atoms with Gasteiger partial charge in [0.05, 0.1) is 6.20 Å². The van der Waals surface area contributed by atoms with Gasteiger partial charge in [-0.05, 0) is 13.8 Å². The Morgan fingerprint density at radius 3 is 2.27 bits per heavy atom. The Morgan fingerprint density at radius 1 is 1.55 bits per heavy atom. The lowest BCUT2D eigenvalue weighted by molar-refractivity contribution is 0.580. The van der Waals surface area contributed by atoms with E-state index in [9.17, 15) is 8.42 Å². The van der Waals surface area contributed by atoms with Gasteiger partial charge >= 0.3 is 0 Å². The molecule has 0 aromatic rings. The van der Waals surface area contributed by atoms with Crippen molar-refractivity contribution in [1.29, 1.82) is 0 Å². The number of nitrogens with zero attached hydrogens (tertiary/aromatic N) is 2. The molecule has 5 nitrogen and oxygen atoms in total. The van der Waals surface area contributed by atoms with Crippen molar-refractivity contribution in [3.8, 4) is 0 Å². The van der Waals surface area contributed by atoms with E-state index in [1.807, 2.05) is 0 Å². The summed E-state index contributed by atoms with van der Waals surface area (Å²) >= 11 is 0. The molecule has 0 spiro atoms. The maximum absolute atomic E-state index is 10.8. The summed E-state index contributed by atoms with van der Waals surface area (Å²) in [6, 6.07) is 0. The van der Waals surface area contributed by atoms with Crippen LogP contribution in [0.3, 0.4) is 0 Å². The Balaban J connectivity index is 3.15. The van der Waals surface area contributed by atoms with E-state index in [4.69, 9.17) is 5.14 Å². The molecule has 11 heavy (non-hydrogen) atoms. The minimum Gasteiger partial charge on any atom is -0.225 e. The van der Waals surface area contributed by atoms with E-state index < -0.39 is 15.6 Å². The third-order valence-electron chi connectivity index (χ3n) is 1.39. The van der Waals surface area contributed by atoms with Crippen LogP contribution in [-0.2, 0) is 10.0 Å². The average molecular weight is 175 g/mol. The largest absolute Gasteiger partial charge is 0.238 e. The number of primary sulfonamides is 1. The number of azo groups is 1. The molecule has 62 valence electrons. The van der Waals surface area contributed by atoms with Gasteiger partial charge in [-0.1, -0.05) is 0 Å². The maximum atomic E-state index is 10.8. The van der Waals surface area contributed by atoms with Crippen LogP contribution in [0.15, 0.2) is 21.3 Å². The van der Waals surface area contributed by atoms with Crippen LogP contribution in [0.1, 0.15) is 13.8 Å². The number of sulfonamides is 1. The lowest BCUT2D eigenvalue weighted by Gasteiger charge is -2.14. The van der Waals surface area contributed by atoms with E-state index in [1.54, 1.807) is 13.8 Å². The predicted octanol–water partition coefficient (Wildman–Crippen LogP) is 0.361. The van der Waals surface area contributed by atoms with Gasteiger partial charge in [-0.15, -0.1) is 0 Å². The summed E-state index contributed by atoms with van der Waals surface area (Å²) in [7, 11) is -3.64. The monoisotopic (exact) mass is 175 g/mol. The van der Waals surface area contributed by atoms with Gasteiger partial charge in [0.15, 0.2) is 0 Å². The Hall–Kier alpha value is -0.750. The molecular formula is C5H9N3O2S. The van der Waals surface area contributed by atoms with E-state index >= 15 is 0 Å². The zero-order valence-corrected chi connectivity index (χ0v) is 7.09. The fourth-order valence-electron chi connectivity index (χ4n) is 0.854. The lowest BCUT2D eigenvalue weighted by Crippen LogP contribution is -2.28. The topological polar surface area (TPSA) is 84.9 Å². The number of hydrogen-bond donors (Lipinski definition) is 1. The highest BCUT2D eigenvalue weighted by atomic mass is 32.2. The van der Waals surface area contributed by atoms with Crippen molar-refractivity contribution in [2.24, 2.45) is 15.4 Å². The van der Waals surface area contributed by atoms with Crippen molar-refractivity contribution in [3.63, 3.8) is 0 Å². The second-order valence-corrected chi connectivity index (χ2v) is 4.34. The van der Waals surface area contributed by atoms with Gasteiger partial charge in [-0.3, -0.25) is 0 Å². The molecule has 0 amide bonds. The zero-order valence-electron chi connectivity index (χ0n) is 6.27. The van der Waals surface area contributed by atoms with Crippen LogP contribution < -0.4 is 5.14 Å². The summed E-state index contributed by atoms with van der Waals surface area (Å²) in [5.74, 6) is 0. The summed E-state index contributed by atoms with van der Waals surface area (Å²) in [5, 5.41) is 12.1. The smallest absolute Gasteiger partial charge is 0.225 e. The Kier molecular flexibility index (Phi) is 1.61. The molecule has 0 saturated heterocycles. The molecular weight excluding hydrogens is 166 g/mol. The van der Waals surface area contributed by atoms with Crippen molar-refractivity contribution in [2.75, 3.05) is 0 Å². The van der Waals surface area contributed by atoms with Crippen LogP contribution in [0.4, 0.5) is 0 Å². The first-order chi connectivity index (χ1) is 4.84. The third kappa shape index (κ3) is 1.46. The fourth-order valence-corrected chi connectivity index (χ4v) is 1.79. The number of nitrogens with two attached hydrogens (primary N) is 1. The minimum atomic E-state index is -3.64. The summed E-state index contributed by atoms with van der Waals surface area (Å²) in [4.78, 5) is 0.0602. The molecule has 0 aromatic carbocycles. The second kappa shape index (κ2) is 2.12. The molecule has 1 aliphatic rings. The number of hydrogen-bond acceptors (Lipinski definition) is 4. The molecule has 0 saturated carbocycles. The molecule has 2 N–H and O–H groups in total. The van der Waals surface area contributed by atoms with Crippen LogP contribution in [-0.4, -0.2) is 14.0 Å². The highest BCUT2D eigenvalue weighted by Gasteiger charge is 2.34. The van der Waals surface area contributed by atoms with Crippen molar-refractivity contribution in [2.45, 2.75) is 19.4 Å². The van der Waals surface area contributed by atoms with Crippen molar-refractivity contribution >= 4 is 10.0 Å². The van der Waals surface area contributed by atoms with Crippen LogP contribution in [0.5, 0.6) is 0 Å². The molecule has 1 heterocycles. The normalized spacial score (nSPS) is 21.9. The Morgan fingerprint density at radius 2 is 2.09 bits per heavy atom. The molecule has 0 aromatic heterocycles. The zero-order chi connectivity index (χ0) is 8.70. The summed E-state index contributed by atoms with van der Waals surface area (Å²) < 4.78 is 21.7. The first kappa shape index (κ1) is 8.35. The van der Waals surface area contributed by atoms with Gasteiger partial charge in [0.2, 0.25) is 10.0 Å². The van der Waals surface area contributed by atoms with Crippen LogP contribution in [0.2, 0.25) is 0 Å². The lowest BCUT2D eigenvalue weighted by atomic mass is 10.1. The fraction of sp³-hybridized carbons (Fsp3) is 0.600. The summed E-state index contributed by atoms with van der Waals surface area (Å²) in [5.41, 5.74) is -0.798. The minimum absolute atomic E-state index is 0.0602. The van der Waals surface area contributed by atoms with Gasteiger partial charge in [0.25, 0.3) is 0 Å². The van der Waals surface area contributed by atoms with E-state index in [2.05, 4.69) is 10.2 Å². The van der Waals surface area contributed by atoms with E-state index in [-0.39, 0.29) is 4.91 Å². The first-order valence-corrected chi connectivity index (χ1v) is 4.54. The second-order valence-electron chi connectivity index (χ2n) is 2.81. The van der Waals surface area contributed by atoms with Crippen molar-refractivity contribution in [1.82, 2.24) is 0 Å². The van der Waals surface area contributed by atoms with E-state index in [1.165, 1.54) is 6.20 Å². The molecule has 1 rings (SSSR count). The molecule has 1 aliphatic heterocycles. The molecule has 0 radical (unpaired) electrons. The van der Waals surface area contributed by atoms with Gasteiger partial charge in [0.1, 0.15) is 10.4 Å². The summed E-state index contributed by atoms with van der Waals surface area (Å²) in [6.45, 7) is 3.28. The highest BCUT2D eigenvalue weighted by Crippen LogP contribution is 2.28. The van der Waals surface area contributed by atoms with Gasteiger partial charge < -0.3 is 0 Å². The highest BCUT2D eigenvalue weighted by molar-refractivity contribution is 7.93. The molecule has 0 aliphatic carbocycles. The molecule has 0 bridgehead atoms. The molecule has 0 unspecified atom stereocenters. The SMILES string of the molecule is CC1(C)N=NC=C1S(N)(=O)=O. The van der Waals surface area contributed by atoms with Crippen molar-refractivity contribution in [3.05, 3.63) is 11.1 Å². The van der Waals surface area contributed by atoms with Crippen LogP contribution >= 0.6 is 0 Å². The summed E-state index contributed by atoms with van der Waals surface area (Å²) in [6.07, 6.45) is 1.18. The predicted molar refractivity (Wildman–Crippen MR) is 40.1 cm³/mol. The maximum Gasteiger partial charge on any atom is 0.238 e. The Bertz CT molecular complexity index is 326. The number of rotatable bonds is 1. The molecule has 6 heteroatoms. The van der Waals surface area contributed by atoms with Gasteiger partial charge in [-0.25, -0.2) is 13.6 Å². The quantitative estimate of drug-likeness (QED) is 0.624. The molecule has 0 fully saturated rings. The van der Waals surface area contributed by atoms with Gasteiger partial charge in [-0.2, -0.15) is 10.2 Å². The standard InChI is InChI=1S/C5H9N3O2S/c1-5(2)4(3-7-8-5)11(6,9)10/h3H,1-2H3,(H2,6,9,10). The van der Waals surface area contributed by atoms with Crippen LogP contribution in [0, 0.1) is 0 Å². The Labute approximate surface area is 65.1 Å². The third-order valence-corrected chi connectivity index (χ3v) is 2.61. The van der Waals surface area contributed by atoms with E-state index in [0.717, 1.165) is 0 Å². The first-order valence-electron chi connectivity index (χ1n) is 2.99.